The highest BCUT2D eigenvalue weighted by atomic mass is 16.6. The number of phenolic OH excluding ortho intramolecular Hbond substituents is 1. The van der Waals surface area contributed by atoms with Gasteiger partial charge in [0.25, 0.3) is 0 Å². The van der Waals surface area contributed by atoms with E-state index in [2.05, 4.69) is 10.6 Å². The molecule has 0 heterocycles. The van der Waals surface area contributed by atoms with E-state index in [1.54, 1.807) is 48.5 Å². The highest BCUT2D eigenvalue weighted by molar-refractivity contribution is 5.95. The first-order chi connectivity index (χ1) is 17.5. The maximum atomic E-state index is 13.9. The zero-order valence-corrected chi connectivity index (χ0v) is 23.1. The number of nitrogens with one attached hydrogen (secondary N) is 2. The SMILES string of the molecule is CCOC(=O)CCNC(=O)C(c1ccc(O)cc1)N(C(=O)C(CC(N)=O)NC(=O)OC(C)(C)C)C(C)(C)C. The van der Waals surface area contributed by atoms with Crippen molar-refractivity contribution >= 4 is 29.8 Å². The predicted molar refractivity (Wildman–Crippen MR) is 139 cm³/mol. The van der Waals surface area contributed by atoms with E-state index in [0.29, 0.717) is 5.56 Å². The fraction of sp³-hybridized carbons (Fsp3) is 0.577. The fourth-order valence-corrected chi connectivity index (χ4v) is 3.56. The molecule has 12 nitrogen and oxygen atoms in total. The molecule has 0 aromatic heterocycles. The molecule has 212 valence electrons. The lowest BCUT2D eigenvalue weighted by Crippen LogP contribution is -2.59. The van der Waals surface area contributed by atoms with Crippen molar-refractivity contribution in [1.29, 1.82) is 0 Å². The van der Waals surface area contributed by atoms with Crippen molar-refractivity contribution in [3.63, 3.8) is 0 Å². The third-order valence-electron chi connectivity index (χ3n) is 5.00. The van der Waals surface area contributed by atoms with Crippen LogP contribution in [0, 0.1) is 0 Å². The summed E-state index contributed by atoms with van der Waals surface area (Å²) >= 11 is 0. The monoisotopic (exact) mass is 536 g/mol. The van der Waals surface area contributed by atoms with Gasteiger partial charge in [0.15, 0.2) is 0 Å². The van der Waals surface area contributed by atoms with Crippen LogP contribution in [-0.4, -0.2) is 70.1 Å². The molecule has 0 aliphatic rings. The molecule has 2 unspecified atom stereocenters. The largest absolute Gasteiger partial charge is 0.508 e. The lowest BCUT2D eigenvalue weighted by Gasteiger charge is -2.43. The Morgan fingerprint density at radius 1 is 1.03 bits per heavy atom. The van der Waals surface area contributed by atoms with E-state index >= 15 is 0 Å². The van der Waals surface area contributed by atoms with Crippen LogP contribution >= 0.6 is 0 Å². The summed E-state index contributed by atoms with van der Waals surface area (Å²) in [5.74, 6) is -2.80. The number of benzene rings is 1. The van der Waals surface area contributed by atoms with E-state index in [0.717, 1.165) is 0 Å². The number of esters is 1. The van der Waals surface area contributed by atoms with E-state index in [1.807, 2.05) is 0 Å². The minimum atomic E-state index is -1.44. The first kappa shape index (κ1) is 32.2. The molecular weight excluding hydrogens is 496 g/mol. The van der Waals surface area contributed by atoms with E-state index in [4.69, 9.17) is 15.2 Å². The van der Waals surface area contributed by atoms with Gasteiger partial charge >= 0.3 is 12.1 Å². The second kappa shape index (κ2) is 13.6. The number of nitrogens with two attached hydrogens (primary N) is 1. The maximum Gasteiger partial charge on any atom is 0.408 e. The molecular formula is C26H40N4O8. The van der Waals surface area contributed by atoms with Gasteiger partial charge in [-0.15, -0.1) is 0 Å². The van der Waals surface area contributed by atoms with Crippen molar-refractivity contribution in [2.75, 3.05) is 13.2 Å². The van der Waals surface area contributed by atoms with Gasteiger partial charge < -0.3 is 35.8 Å². The summed E-state index contributed by atoms with van der Waals surface area (Å²) in [6.07, 6.45) is -1.57. The second-order valence-electron chi connectivity index (χ2n) is 10.6. The van der Waals surface area contributed by atoms with E-state index in [9.17, 15) is 29.1 Å². The number of ether oxygens (including phenoxy) is 2. The first-order valence-electron chi connectivity index (χ1n) is 12.3. The van der Waals surface area contributed by atoms with Gasteiger partial charge in [0, 0.05) is 12.1 Å². The Morgan fingerprint density at radius 2 is 1.61 bits per heavy atom. The van der Waals surface area contributed by atoms with E-state index < -0.39 is 59.4 Å². The molecule has 0 fully saturated rings. The highest BCUT2D eigenvalue weighted by Crippen LogP contribution is 2.31. The average Bonchev–Trinajstić information content (AvgIpc) is 2.75. The zero-order chi connectivity index (χ0) is 29.3. The molecule has 4 amide bonds. The predicted octanol–water partition coefficient (Wildman–Crippen LogP) is 1.90. The van der Waals surface area contributed by atoms with Crippen molar-refractivity contribution in [2.45, 2.75) is 84.5 Å². The van der Waals surface area contributed by atoms with E-state index in [-0.39, 0.29) is 25.3 Å². The molecule has 1 rings (SSSR count). The molecule has 1 aromatic rings. The molecule has 5 N–H and O–H groups in total. The van der Waals surface area contributed by atoms with Crippen molar-refractivity contribution in [2.24, 2.45) is 5.73 Å². The number of phenols is 1. The van der Waals surface area contributed by atoms with Crippen molar-refractivity contribution < 1.29 is 38.6 Å². The number of carbonyl (C=O) groups is 5. The Labute approximate surface area is 223 Å². The normalized spacial score (nSPS) is 13.0. The van der Waals surface area contributed by atoms with Gasteiger partial charge in [-0.1, -0.05) is 12.1 Å². The van der Waals surface area contributed by atoms with Crippen LogP contribution in [0.1, 0.15) is 72.9 Å². The number of primary amides is 1. The number of alkyl carbamates (subject to hydrolysis) is 1. The standard InChI is InChI=1S/C26H40N4O8/c1-8-37-20(33)13-14-28-22(34)21(16-9-11-17(31)12-10-16)30(25(2,3)4)23(35)18(15-19(27)32)29-24(36)38-26(5,6)7/h9-12,18,21,31H,8,13-15H2,1-7H3,(H2,27,32)(H,28,34)(H,29,36). The summed E-state index contributed by atoms with van der Waals surface area (Å²) in [6, 6.07) is 2.97. The van der Waals surface area contributed by atoms with Crippen molar-refractivity contribution in [3.05, 3.63) is 29.8 Å². The molecule has 0 saturated carbocycles. The molecule has 12 heteroatoms. The van der Waals surface area contributed by atoms with Crippen LogP contribution < -0.4 is 16.4 Å². The number of hydrogen-bond acceptors (Lipinski definition) is 8. The molecule has 2 atom stereocenters. The molecule has 38 heavy (non-hydrogen) atoms. The van der Waals surface area contributed by atoms with Crippen molar-refractivity contribution in [1.82, 2.24) is 15.5 Å². The highest BCUT2D eigenvalue weighted by Gasteiger charge is 2.42. The second-order valence-corrected chi connectivity index (χ2v) is 10.6. The topological polar surface area (TPSA) is 177 Å². The third-order valence-corrected chi connectivity index (χ3v) is 5.00. The molecule has 0 spiro atoms. The third kappa shape index (κ3) is 10.7. The van der Waals surface area contributed by atoms with Crippen LogP contribution in [0.25, 0.3) is 0 Å². The zero-order valence-electron chi connectivity index (χ0n) is 23.1. The first-order valence-corrected chi connectivity index (χ1v) is 12.3. The number of amides is 4. The average molecular weight is 537 g/mol. The van der Waals surface area contributed by atoms with Crippen molar-refractivity contribution in [3.8, 4) is 5.75 Å². The Balaban J connectivity index is 3.47. The van der Waals surface area contributed by atoms with Crippen LogP contribution in [0.4, 0.5) is 4.79 Å². The Hall–Kier alpha value is -3.83. The number of aromatic hydroxyl groups is 1. The van der Waals surface area contributed by atoms with Gasteiger partial charge in [-0.25, -0.2) is 4.79 Å². The minimum absolute atomic E-state index is 0.0537. The van der Waals surface area contributed by atoms with Gasteiger partial charge in [0.1, 0.15) is 23.4 Å². The number of hydrogen-bond donors (Lipinski definition) is 4. The van der Waals surface area contributed by atoms with Crippen LogP contribution in [0.2, 0.25) is 0 Å². The summed E-state index contributed by atoms with van der Waals surface area (Å²) in [5.41, 5.74) is 3.83. The fourth-order valence-electron chi connectivity index (χ4n) is 3.56. The van der Waals surface area contributed by atoms with Crippen LogP contribution in [0.5, 0.6) is 5.75 Å². The Kier molecular flexibility index (Phi) is 11.6. The summed E-state index contributed by atoms with van der Waals surface area (Å²) in [7, 11) is 0. The van der Waals surface area contributed by atoms with Gasteiger partial charge in [-0.05, 0) is 66.2 Å². The van der Waals surface area contributed by atoms with Gasteiger partial charge in [-0.2, -0.15) is 0 Å². The summed E-state index contributed by atoms with van der Waals surface area (Å²) in [4.78, 5) is 64.7. The lowest BCUT2D eigenvalue weighted by atomic mass is 9.94. The molecule has 0 saturated heterocycles. The number of carbonyl (C=O) groups excluding carboxylic acids is 5. The minimum Gasteiger partial charge on any atom is -0.508 e. The lowest BCUT2D eigenvalue weighted by molar-refractivity contribution is -0.149. The van der Waals surface area contributed by atoms with Gasteiger partial charge in [0.05, 0.1) is 19.4 Å². The quantitative estimate of drug-likeness (QED) is 0.310. The smallest absolute Gasteiger partial charge is 0.408 e. The Morgan fingerprint density at radius 3 is 2.08 bits per heavy atom. The van der Waals surface area contributed by atoms with Crippen LogP contribution in [0.3, 0.4) is 0 Å². The summed E-state index contributed by atoms with van der Waals surface area (Å²) in [5, 5.41) is 14.8. The molecule has 0 bridgehead atoms. The molecule has 0 radical (unpaired) electrons. The van der Waals surface area contributed by atoms with Gasteiger partial charge in [0.2, 0.25) is 17.7 Å². The molecule has 0 aliphatic heterocycles. The Bertz CT molecular complexity index is 996. The number of rotatable bonds is 11. The summed E-state index contributed by atoms with van der Waals surface area (Å²) < 4.78 is 10.1. The summed E-state index contributed by atoms with van der Waals surface area (Å²) in [6.45, 7) is 11.8. The number of nitrogens with zero attached hydrogens (tertiary/aromatic N) is 1. The molecule has 0 aliphatic carbocycles. The van der Waals surface area contributed by atoms with Gasteiger partial charge in [-0.3, -0.25) is 19.2 Å². The van der Waals surface area contributed by atoms with Crippen LogP contribution in [-0.2, 0) is 28.7 Å². The molecule has 1 aromatic carbocycles. The maximum absolute atomic E-state index is 13.9. The van der Waals surface area contributed by atoms with Crippen LogP contribution in [0.15, 0.2) is 24.3 Å². The van der Waals surface area contributed by atoms with E-state index in [1.165, 1.54) is 29.2 Å².